The number of amides is 1. The summed E-state index contributed by atoms with van der Waals surface area (Å²) in [5.74, 6) is 0.841. The van der Waals surface area contributed by atoms with E-state index in [0.29, 0.717) is 19.4 Å². The largest absolute Gasteiger partial charge is 0.497 e. The number of hydrogen-bond donors (Lipinski definition) is 2. The van der Waals surface area contributed by atoms with Gasteiger partial charge in [-0.05, 0) is 49.8 Å². The maximum atomic E-state index is 12.2. The molecule has 0 radical (unpaired) electrons. The summed E-state index contributed by atoms with van der Waals surface area (Å²) < 4.78 is 5.29. The van der Waals surface area contributed by atoms with Crippen LogP contribution in [0.25, 0.3) is 0 Å². The van der Waals surface area contributed by atoms with Crippen LogP contribution in [0.2, 0.25) is 0 Å². The minimum Gasteiger partial charge on any atom is -0.497 e. The molecule has 0 fully saturated rings. The number of methoxy groups -OCH3 is 1. The molecule has 1 unspecified atom stereocenters. The fraction of sp³-hybridized carbons (Fsp3) is 0.350. The second-order valence-corrected chi connectivity index (χ2v) is 6.26. The Kier molecular flexibility index (Phi) is 6.83. The van der Waals surface area contributed by atoms with Crippen molar-refractivity contribution in [1.29, 1.82) is 0 Å². The lowest BCUT2D eigenvalue weighted by molar-refractivity contribution is -0.121. The maximum Gasteiger partial charge on any atom is 0.220 e. The van der Waals surface area contributed by atoms with Gasteiger partial charge in [-0.15, -0.1) is 0 Å². The highest BCUT2D eigenvalue weighted by Gasteiger charge is 2.16. The van der Waals surface area contributed by atoms with Crippen molar-refractivity contribution in [2.45, 2.75) is 18.9 Å². The van der Waals surface area contributed by atoms with Crippen molar-refractivity contribution in [3.05, 3.63) is 59.7 Å². The Morgan fingerprint density at radius 3 is 2.64 bits per heavy atom. The van der Waals surface area contributed by atoms with Crippen molar-refractivity contribution in [3.8, 4) is 5.75 Å². The molecule has 2 rings (SSSR count). The number of para-hydroxylation sites is 1. The van der Waals surface area contributed by atoms with E-state index in [1.165, 1.54) is 0 Å². The van der Waals surface area contributed by atoms with Crippen molar-refractivity contribution in [2.24, 2.45) is 0 Å². The molecule has 0 aliphatic heterocycles. The summed E-state index contributed by atoms with van der Waals surface area (Å²) in [6.45, 7) is 0.545. The van der Waals surface area contributed by atoms with Crippen LogP contribution in [-0.2, 0) is 11.2 Å². The van der Waals surface area contributed by atoms with Crippen molar-refractivity contribution in [3.63, 3.8) is 0 Å². The molecule has 134 valence electrons. The van der Waals surface area contributed by atoms with E-state index in [0.717, 1.165) is 22.6 Å². The van der Waals surface area contributed by atoms with Gasteiger partial charge in [-0.1, -0.05) is 30.3 Å². The lowest BCUT2D eigenvalue weighted by atomic mass is 10.0. The first kappa shape index (κ1) is 18.8. The Morgan fingerprint density at radius 2 is 1.96 bits per heavy atom. The number of benzene rings is 2. The summed E-state index contributed by atoms with van der Waals surface area (Å²) in [6.07, 6.45) is 1.07. The van der Waals surface area contributed by atoms with Crippen LogP contribution in [0.1, 0.15) is 23.6 Å². The van der Waals surface area contributed by atoms with Crippen LogP contribution in [0.5, 0.6) is 5.75 Å². The Bertz CT molecular complexity index is 701. The molecule has 0 bridgehead atoms. The fourth-order valence-corrected chi connectivity index (χ4v) is 2.76. The standard InChI is InChI=1S/C20H27N3O2/c1-23(2)19(16-8-6-9-17(13-16)25-3)14-22-20(24)12-11-15-7-4-5-10-18(15)21/h4-10,13,19H,11-12,14,21H2,1-3H3,(H,22,24). The Hall–Kier alpha value is -2.53. The first-order chi connectivity index (χ1) is 12.0. The van der Waals surface area contributed by atoms with Gasteiger partial charge in [0.2, 0.25) is 5.91 Å². The minimum atomic E-state index is 0.0259. The molecule has 0 aromatic heterocycles. The van der Waals surface area contributed by atoms with E-state index in [-0.39, 0.29) is 11.9 Å². The fourth-order valence-electron chi connectivity index (χ4n) is 2.76. The van der Waals surface area contributed by atoms with Gasteiger partial charge in [-0.3, -0.25) is 4.79 Å². The molecule has 0 aliphatic carbocycles. The smallest absolute Gasteiger partial charge is 0.220 e. The van der Waals surface area contributed by atoms with Gasteiger partial charge < -0.3 is 20.7 Å². The SMILES string of the molecule is COc1cccc(C(CNC(=O)CCc2ccccc2N)N(C)C)c1. The van der Waals surface area contributed by atoms with E-state index in [1.54, 1.807) is 7.11 Å². The van der Waals surface area contributed by atoms with Crippen molar-refractivity contribution in [1.82, 2.24) is 10.2 Å². The molecule has 5 heteroatoms. The molecule has 0 saturated heterocycles. The van der Waals surface area contributed by atoms with E-state index in [4.69, 9.17) is 10.5 Å². The molecule has 0 spiro atoms. The second kappa shape index (κ2) is 9.08. The van der Waals surface area contributed by atoms with Gasteiger partial charge in [0.1, 0.15) is 5.75 Å². The van der Waals surface area contributed by atoms with Crippen molar-refractivity contribution < 1.29 is 9.53 Å². The van der Waals surface area contributed by atoms with Gasteiger partial charge in [0, 0.05) is 18.7 Å². The quantitative estimate of drug-likeness (QED) is 0.724. The van der Waals surface area contributed by atoms with Crippen LogP contribution in [-0.4, -0.2) is 38.6 Å². The predicted molar refractivity (Wildman–Crippen MR) is 102 cm³/mol. The zero-order valence-corrected chi connectivity index (χ0v) is 15.2. The zero-order chi connectivity index (χ0) is 18.2. The van der Waals surface area contributed by atoms with E-state index in [9.17, 15) is 4.79 Å². The maximum absolute atomic E-state index is 12.2. The Balaban J connectivity index is 1.92. The third kappa shape index (κ3) is 5.50. The number of nitrogens with one attached hydrogen (secondary N) is 1. The first-order valence-electron chi connectivity index (χ1n) is 8.41. The van der Waals surface area contributed by atoms with Gasteiger partial charge in [0.25, 0.3) is 0 Å². The monoisotopic (exact) mass is 341 g/mol. The highest BCUT2D eigenvalue weighted by Crippen LogP contribution is 2.22. The molecular weight excluding hydrogens is 314 g/mol. The van der Waals surface area contributed by atoms with Gasteiger partial charge in [-0.25, -0.2) is 0 Å². The normalized spacial score (nSPS) is 12.0. The van der Waals surface area contributed by atoms with Crippen molar-refractivity contribution in [2.75, 3.05) is 33.5 Å². The molecule has 1 atom stereocenters. The number of nitrogen functional groups attached to an aromatic ring is 1. The van der Waals surface area contributed by atoms with Gasteiger partial charge in [-0.2, -0.15) is 0 Å². The number of ether oxygens (including phenoxy) is 1. The van der Waals surface area contributed by atoms with Crippen LogP contribution in [0.3, 0.4) is 0 Å². The van der Waals surface area contributed by atoms with Crippen LogP contribution in [0.15, 0.2) is 48.5 Å². The molecule has 3 N–H and O–H groups in total. The predicted octanol–water partition coefficient (Wildman–Crippen LogP) is 2.63. The molecule has 5 nitrogen and oxygen atoms in total. The van der Waals surface area contributed by atoms with Crippen LogP contribution >= 0.6 is 0 Å². The van der Waals surface area contributed by atoms with Crippen LogP contribution in [0, 0.1) is 0 Å². The van der Waals surface area contributed by atoms with Gasteiger partial charge >= 0.3 is 0 Å². The number of nitrogens with two attached hydrogens (primary N) is 1. The Morgan fingerprint density at radius 1 is 1.20 bits per heavy atom. The summed E-state index contributed by atoms with van der Waals surface area (Å²) in [7, 11) is 5.66. The number of carbonyl (C=O) groups is 1. The number of anilines is 1. The number of nitrogens with zero attached hydrogens (tertiary/aromatic N) is 1. The third-order valence-corrected chi connectivity index (χ3v) is 4.27. The van der Waals surface area contributed by atoms with Gasteiger partial charge in [0.05, 0.1) is 13.2 Å². The minimum absolute atomic E-state index is 0.0259. The summed E-state index contributed by atoms with van der Waals surface area (Å²) >= 11 is 0. The molecule has 0 aliphatic rings. The summed E-state index contributed by atoms with van der Waals surface area (Å²) in [5.41, 5.74) is 8.77. The first-order valence-corrected chi connectivity index (χ1v) is 8.41. The number of hydrogen-bond acceptors (Lipinski definition) is 4. The molecule has 2 aromatic carbocycles. The van der Waals surface area contributed by atoms with Crippen LogP contribution in [0.4, 0.5) is 5.69 Å². The topological polar surface area (TPSA) is 67.6 Å². The second-order valence-electron chi connectivity index (χ2n) is 6.26. The number of rotatable bonds is 8. The van der Waals surface area contributed by atoms with E-state index >= 15 is 0 Å². The number of aryl methyl sites for hydroxylation is 1. The van der Waals surface area contributed by atoms with E-state index in [1.807, 2.05) is 62.6 Å². The highest BCUT2D eigenvalue weighted by molar-refractivity contribution is 5.76. The average Bonchev–Trinajstić information content (AvgIpc) is 2.61. The molecule has 2 aromatic rings. The molecular formula is C20H27N3O2. The highest BCUT2D eigenvalue weighted by atomic mass is 16.5. The lowest BCUT2D eigenvalue weighted by Crippen LogP contribution is -2.34. The number of likely N-dealkylation sites (N-methyl/N-ethyl adjacent to an activating group) is 1. The third-order valence-electron chi connectivity index (χ3n) is 4.27. The van der Waals surface area contributed by atoms with E-state index < -0.39 is 0 Å². The van der Waals surface area contributed by atoms with Gasteiger partial charge in [0.15, 0.2) is 0 Å². The molecule has 1 amide bonds. The summed E-state index contributed by atoms with van der Waals surface area (Å²) in [5, 5.41) is 3.03. The summed E-state index contributed by atoms with van der Waals surface area (Å²) in [4.78, 5) is 14.3. The van der Waals surface area contributed by atoms with E-state index in [2.05, 4.69) is 10.2 Å². The number of carbonyl (C=O) groups excluding carboxylic acids is 1. The van der Waals surface area contributed by atoms with Crippen molar-refractivity contribution >= 4 is 11.6 Å². The molecule has 0 saturated carbocycles. The lowest BCUT2D eigenvalue weighted by Gasteiger charge is -2.25. The Labute approximate surface area is 149 Å². The molecule has 25 heavy (non-hydrogen) atoms. The average molecular weight is 341 g/mol. The molecule has 0 heterocycles. The van der Waals surface area contributed by atoms with Crippen LogP contribution < -0.4 is 15.8 Å². The summed E-state index contributed by atoms with van der Waals surface area (Å²) in [6, 6.07) is 15.7. The zero-order valence-electron chi connectivity index (χ0n) is 15.2.